The third-order valence-corrected chi connectivity index (χ3v) is 6.32. The van der Waals surface area contributed by atoms with Crippen LogP contribution in [-0.2, 0) is 16.1 Å². The third kappa shape index (κ3) is 5.36. The molecule has 138 valence electrons. The molecular formula is C19H28N2O3S. The van der Waals surface area contributed by atoms with Gasteiger partial charge in [0.1, 0.15) is 0 Å². The molecule has 0 unspecified atom stereocenters. The van der Waals surface area contributed by atoms with Crippen molar-refractivity contribution in [3.05, 3.63) is 21.9 Å². The van der Waals surface area contributed by atoms with E-state index in [1.165, 1.54) is 18.4 Å². The van der Waals surface area contributed by atoms with Crippen LogP contribution >= 0.6 is 11.3 Å². The molecule has 3 heterocycles. The van der Waals surface area contributed by atoms with Gasteiger partial charge in [-0.05, 0) is 62.2 Å². The molecule has 2 aliphatic heterocycles. The first-order valence-electron chi connectivity index (χ1n) is 9.28. The summed E-state index contributed by atoms with van der Waals surface area (Å²) in [6.45, 7) is 7.59. The molecule has 1 aromatic heterocycles. The third-order valence-electron chi connectivity index (χ3n) is 5.24. The van der Waals surface area contributed by atoms with Crippen molar-refractivity contribution in [2.45, 2.75) is 39.2 Å². The van der Waals surface area contributed by atoms with Gasteiger partial charge in [0.25, 0.3) is 0 Å². The van der Waals surface area contributed by atoms with Crippen molar-refractivity contribution >= 4 is 23.0 Å². The Labute approximate surface area is 153 Å². The summed E-state index contributed by atoms with van der Waals surface area (Å²) in [4.78, 5) is 28.9. The van der Waals surface area contributed by atoms with Crippen molar-refractivity contribution in [3.63, 3.8) is 0 Å². The van der Waals surface area contributed by atoms with E-state index in [-0.39, 0.29) is 5.78 Å². The number of hydrogen-bond acceptors (Lipinski definition) is 5. The van der Waals surface area contributed by atoms with Crippen LogP contribution < -0.4 is 0 Å². The molecule has 0 saturated carbocycles. The van der Waals surface area contributed by atoms with Crippen LogP contribution in [0.3, 0.4) is 0 Å². The number of amides is 1. The summed E-state index contributed by atoms with van der Waals surface area (Å²) in [5.41, 5.74) is 1.25. The summed E-state index contributed by atoms with van der Waals surface area (Å²) in [5, 5.41) is 2.10. The fraction of sp³-hybridized carbons (Fsp3) is 0.684. The number of piperidine rings is 1. The SMILES string of the molecule is CC(=O)c1cc(CN2CCC(CCC(=O)N3CCOCC3)CC2)cs1. The Kier molecular flexibility index (Phi) is 6.62. The highest BCUT2D eigenvalue weighted by molar-refractivity contribution is 7.12. The Balaban J connectivity index is 1.36. The maximum absolute atomic E-state index is 12.2. The maximum atomic E-state index is 12.2. The van der Waals surface area contributed by atoms with E-state index in [0.29, 0.717) is 31.5 Å². The van der Waals surface area contributed by atoms with Crippen molar-refractivity contribution in [2.24, 2.45) is 5.92 Å². The highest BCUT2D eigenvalue weighted by Gasteiger charge is 2.22. The molecule has 0 spiro atoms. The zero-order valence-electron chi connectivity index (χ0n) is 15.0. The summed E-state index contributed by atoms with van der Waals surface area (Å²) in [6, 6.07) is 2.03. The number of nitrogens with zero attached hydrogens (tertiary/aromatic N) is 2. The van der Waals surface area contributed by atoms with Gasteiger partial charge in [0.05, 0.1) is 18.1 Å². The normalized spacial score (nSPS) is 20.0. The Hall–Kier alpha value is -1.24. The highest BCUT2D eigenvalue weighted by atomic mass is 32.1. The van der Waals surface area contributed by atoms with Gasteiger partial charge in [-0.1, -0.05) is 0 Å². The summed E-state index contributed by atoms with van der Waals surface area (Å²) in [6.07, 6.45) is 4.02. The lowest BCUT2D eigenvalue weighted by Crippen LogP contribution is -2.41. The van der Waals surface area contributed by atoms with Crippen molar-refractivity contribution in [2.75, 3.05) is 39.4 Å². The molecule has 6 heteroatoms. The topological polar surface area (TPSA) is 49.9 Å². The number of Topliss-reactive ketones (excluding diaryl/α,β-unsaturated/α-hetero) is 1. The summed E-state index contributed by atoms with van der Waals surface area (Å²) in [5.74, 6) is 1.11. The summed E-state index contributed by atoms with van der Waals surface area (Å²) < 4.78 is 5.30. The van der Waals surface area contributed by atoms with Crippen molar-refractivity contribution in [3.8, 4) is 0 Å². The quantitative estimate of drug-likeness (QED) is 0.729. The molecular weight excluding hydrogens is 336 g/mol. The molecule has 0 atom stereocenters. The smallest absolute Gasteiger partial charge is 0.222 e. The molecule has 25 heavy (non-hydrogen) atoms. The van der Waals surface area contributed by atoms with Gasteiger partial charge in [0, 0.05) is 26.1 Å². The molecule has 0 N–H and O–H groups in total. The number of ketones is 1. The number of ether oxygens (including phenoxy) is 1. The number of carbonyl (C=O) groups is 2. The van der Waals surface area contributed by atoms with Crippen molar-refractivity contribution < 1.29 is 14.3 Å². The lowest BCUT2D eigenvalue weighted by molar-refractivity contribution is -0.135. The lowest BCUT2D eigenvalue weighted by Gasteiger charge is -2.32. The second-order valence-electron chi connectivity index (χ2n) is 7.13. The van der Waals surface area contributed by atoms with E-state index in [9.17, 15) is 9.59 Å². The molecule has 2 aliphatic rings. The molecule has 3 rings (SSSR count). The minimum absolute atomic E-state index is 0.153. The molecule has 0 bridgehead atoms. The van der Waals surface area contributed by atoms with Crippen LogP contribution in [-0.4, -0.2) is 60.9 Å². The lowest BCUT2D eigenvalue weighted by atomic mass is 9.91. The van der Waals surface area contributed by atoms with Gasteiger partial charge in [0.15, 0.2) is 5.78 Å². The predicted octanol–water partition coefficient (Wildman–Crippen LogP) is 2.80. The van der Waals surface area contributed by atoms with Crippen LogP contribution in [0.15, 0.2) is 11.4 Å². The van der Waals surface area contributed by atoms with Crippen LogP contribution in [0.25, 0.3) is 0 Å². The van der Waals surface area contributed by atoms with Crippen LogP contribution in [0, 0.1) is 5.92 Å². The number of thiophene rings is 1. The van der Waals surface area contributed by atoms with E-state index in [1.807, 2.05) is 11.0 Å². The van der Waals surface area contributed by atoms with Crippen LogP contribution in [0.1, 0.15) is 47.8 Å². The monoisotopic (exact) mass is 364 g/mol. The van der Waals surface area contributed by atoms with E-state index in [1.54, 1.807) is 18.3 Å². The average Bonchev–Trinajstić information content (AvgIpc) is 3.10. The molecule has 0 radical (unpaired) electrons. The Morgan fingerprint density at radius 1 is 1.20 bits per heavy atom. The molecule has 5 nitrogen and oxygen atoms in total. The number of rotatable bonds is 6. The van der Waals surface area contributed by atoms with E-state index in [4.69, 9.17) is 4.74 Å². The second-order valence-corrected chi connectivity index (χ2v) is 8.04. The number of morpholine rings is 1. The molecule has 2 fully saturated rings. The largest absolute Gasteiger partial charge is 0.378 e. The summed E-state index contributed by atoms with van der Waals surface area (Å²) >= 11 is 1.54. The maximum Gasteiger partial charge on any atom is 0.222 e. The standard InChI is InChI=1S/C19H28N2O3S/c1-15(22)18-12-17(14-25-18)13-20-6-4-16(5-7-20)2-3-19(23)21-8-10-24-11-9-21/h12,14,16H,2-11,13H2,1H3. The van der Waals surface area contributed by atoms with Gasteiger partial charge >= 0.3 is 0 Å². The first kappa shape index (κ1) is 18.5. The second kappa shape index (κ2) is 8.92. The van der Waals surface area contributed by atoms with Crippen molar-refractivity contribution in [1.29, 1.82) is 0 Å². The van der Waals surface area contributed by atoms with Gasteiger partial charge < -0.3 is 9.64 Å². The number of hydrogen-bond donors (Lipinski definition) is 0. The summed E-state index contributed by atoms with van der Waals surface area (Å²) in [7, 11) is 0. The van der Waals surface area contributed by atoms with Crippen LogP contribution in [0.4, 0.5) is 0 Å². The zero-order chi connectivity index (χ0) is 17.6. The van der Waals surface area contributed by atoms with E-state index in [2.05, 4.69) is 10.3 Å². The first-order chi connectivity index (χ1) is 12.1. The minimum atomic E-state index is 0.153. The fourth-order valence-corrected chi connectivity index (χ4v) is 4.44. The highest BCUT2D eigenvalue weighted by Crippen LogP contribution is 2.25. The molecule has 0 aromatic carbocycles. The van der Waals surface area contributed by atoms with Crippen LogP contribution in [0.5, 0.6) is 0 Å². The number of carbonyl (C=O) groups excluding carboxylic acids is 2. The van der Waals surface area contributed by atoms with E-state index >= 15 is 0 Å². The van der Waals surface area contributed by atoms with Crippen molar-refractivity contribution in [1.82, 2.24) is 9.80 Å². The Morgan fingerprint density at radius 3 is 2.56 bits per heavy atom. The Morgan fingerprint density at radius 2 is 1.92 bits per heavy atom. The number of likely N-dealkylation sites (tertiary alicyclic amines) is 1. The average molecular weight is 365 g/mol. The zero-order valence-corrected chi connectivity index (χ0v) is 15.9. The van der Waals surface area contributed by atoms with Crippen LogP contribution in [0.2, 0.25) is 0 Å². The molecule has 2 saturated heterocycles. The van der Waals surface area contributed by atoms with Gasteiger partial charge in [-0.25, -0.2) is 0 Å². The van der Waals surface area contributed by atoms with E-state index in [0.717, 1.165) is 44.0 Å². The van der Waals surface area contributed by atoms with E-state index < -0.39 is 0 Å². The molecule has 1 amide bonds. The van der Waals surface area contributed by atoms with Gasteiger partial charge in [0.2, 0.25) is 5.91 Å². The molecule has 1 aromatic rings. The first-order valence-corrected chi connectivity index (χ1v) is 10.2. The predicted molar refractivity (Wildman–Crippen MR) is 99.0 cm³/mol. The molecule has 0 aliphatic carbocycles. The Bertz CT molecular complexity index is 587. The fourth-order valence-electron chi connectivity index (χ4n) is 3.63. The minimum Gasteiger partial charge on any atom is -0.378 e. The van der Waals surface area contributed by atoms with Gasteiger partial charge in [-0.2, -0.15) is 0 Å². The van der Waals surface area contributed by atoms with Gasteiger partial charge in [-0.3, -0.25) is 14.5 Å². The van der Waals surface area contributed by atoms with Gasteiger partial charge in [-0.15, -0.1) is 11.3 Å².